The SMILES string of the molecule is O=C(Nc1ncc(C(NC2CCCCC2)c2ccccc2Cl)s1)C1(c2ccc3c(c2)OCO3)CC1. The fraction of sp³-hybridized carbons (Fsp3) is 0.407. The zero-order valence-electron chi connectivity index (χ0n) is 19.4. The minimum absolute atomic E-state index is 0.0215. The maximum Gasteiger partial charge on any atom is 0.236 e. The van der Waals surface area contributed by atoms with Crippen LogP contribution in [-0.4, -0.2) is 23.7 Å². The second-order valence-corrected chi connectivity index (χ2v) is 11.1. The Kier molecular flexibility index (Phi) is 6.16. The highest BCUT2D eigenvalue weighted by Crippen LogP contribution is 2.51. The number of halogens is 1. The largest absolute Gasteiger partial charge is 0.454 e. The molecule has 1 unspecified atom stereocenters. The topological polar surface area (TPSA) is 72.5 Å². The third-order valence-electron chi connectivity index (χ3n) is 7.36. The average Bonchev–Trinajstić information content (AvgIpc) is 3.34. The van der Waals surface area contributed by atoms with Crippen LogP contribution in [0.15, 0.2) is 48.7 Å². The van der Waals surface area contributed by atoms with Crippen molar-refractivity contribution in [1.82, 2.24) is 10.3 Å². The average molecular weight is 510 g/mol. The molecule has 0 bridgehead atoms. The van der Waals surface area contributed by atoms with E-state index in [1.165, 1.54) is 43.4 Å². The summed E-state index contributed by atoms with van der Waals surface area (Å²) < 4.78 is 10.9. The maximum atomic E-state index is 13.4. The molecule has 3 aromatic rings. The van der Waals surface area contributed by atoms with Gasteiger partial charge in [0.15, 0.2) is 16.6 Å². The van der Waals surface area contributed by atoms with Crippen LogP contribution in [0.5, 0.6) is 11.5 Å². The second kappa shape index (κ2) is 9.45. The van der Waals surface area contributed by atoms with Crippen LogP contribution in [0.25, 0.3) is 0 Å². The first kappa shape index (κ1) is 22.8. The van der Waals surface area contributed by atoms with Crippen LogP contribution >= 0.6 is 22.9 Å². The second-order valence-electron chi connectivity index (χ2n) is 9.63. The highest BCUT2D eigenvalue weighted by Gasteiger charge is 2.52. The summed E-state index contributed by atoms with van der Waals surface area (Å²) in [6.45, 7) is 0.224. The summed E-state index contributed by atoms with van der Waals surface area (Å²) in [7, 11) is 0. The van der Waals surface area contributed by atoms with E-state index in [4.69, 9.17) is 21.1 Å². The normalized spacial score (nSPS) is 19.3. The third-order valence-corrected chi connectivity index (χ3v) is 8.68. The van der Waals surface area contributed by atoms with E-state index in [-0.39, 0.29) is 18.7 Å². The molecule has 2 fully saturated rings. The lowest BCUT2D eigenvalue weighted by Gasteiger charge is -2.28. The number of nitrogens with zero attached hydrogens (tertiary/aromatic N) is 1. The summed E-state index contributed by atoms with van der Waals surface area (Å²) in [6, 6.07) is 14.1. The van der Waals surface area contributed by atoms with Gasteiger partial charge in [0.1, 0.15) is 0 Å². The van der Waals surface area contributed by atoms with Gasteiger partial charge in [-0.2, -0.15) is 0 Å². The standard InChI is InChI=1S/C27H28ClN3O3S/c28-20-9-5-4-8-19(20)24(30-18-6-2-1-3-7-18)23-15-29-26(35-23)31-25(32)27(12-13-27)17-10-11-21-22(14-17)34-16-33-21/h4-5,8-11,14-15,18,24,30H,1-3,6-7,12-13,16H2,(H,29,31,32). The number of aromatic nitrogens is 1. The quantitative estimate of drug-likeness (QED) is 0.396. The van der Waals surface area contributed by atoms with E-state index in [1.807, 2.05) is 42.6 Å². The summed E-state index contributed by atoms with van der Waals surface area (Å²) in [5.74, 6) is 1.41. The third kappa shape index (κ3) is 4.53. The lowest BCUT2D eigenvalue weighted by atomic mass is 9.93. The van der Waals surface area contributed by atoms with Crippen molar-refractivity contribution in [2.75, 3.05) is 12.1 Å². The molecule has 3 aliphatic rings. The Labute approximate surface area is 214 Å². The first-order chi connectivity index (χ1) is 17.1. The van der Waals surface area contributed by atoms with Crippen LogP contribution in [0, 0.1) is 0 Å². The summed E-state index contributed by atoms with van der Waals surface area (Å²) in [4.78, 5) is 19.0. The van der Waals surface area contributed by atoms with Gasteiger partial charge in [-0.05, 0) is 55.0 Å². The van der Waals surface area contributed by atoms with E-state index in [1.54, 1.807) is 0 Å². The molecule has 35 heavy (non-hydrogen) atoms. The van der Waals surface area contributed by atoms with Crippen LogP contribution in [0.2, 0.25) is 5.02 Å². The molecule has 2 heterocycles. The summed E-state index contributed by atoms with van der Waals surface area (Å²) >= 11 is 8.12. The molecule has 0 spiro atoms. The minimum Gasteiger partial charge on any atom is -0.454 e. The molecule has 8 heteroatoms. The first-order valence-electron chi connectivity index (χ1n) is 12.3. The smallest absolute Gasteiger partial charge is 0.236 e. The Balaban J connectivity index is 1.22. The van der Waals surface area contributed by atoms with Gasteiger partial charge in [-0.1, -0.05) is 66.5 Å². The molecule has 1 aliphatic heterocycles. The van der Waals surface area contributed by atoms with Crippen molar-refractivity contribution in [2.24, 2.45) is 0 Å². The zero-order valence-corrected chi connectivity index (χ0v) is 21.0. The number of hydrogen-bond acceptors (Lipinski definition) is 6. The molecule has 1 atom stereocenters. The van der Waals surface area contributed by atoms with Crippen molar-refractivity contribution < 1.29 is 14.3 Å². The summed E-state index contributed by atoms with van der Waals surface area (Å²) in [5.41, 5.74) is 1.47. The van der Waals surface area contributed by atoms with Crippen molar-refractivity contribution in [2.45, 2.75) is 62.4 Å². The Morgan fingerprint density at radius 1 is 1.09 bits per heavy atom. The summed E-state index contributed by atoms with van der Waals surface area (Å²) in [6.07, 6.45) is 9.62. The van der Waals surface area contributed by atoms with E-state index >= 15 is 0 Å². The van der Waals surface area contributed by atoms with Crippen LogP contribution in [0.3, 0.4) is 0 Å². The van der Waals surface area contributed by atoms with Gasteiger partial charge in [-0.15, -0.1) is 0 Å². The first-order valence-corrected chi connectivity index (χ1v) is 13.5. The van der Waals surface area contributed by atoms with Gasteiger partial charge in [0.05, 0.1) is 11.5 Å². The molecule has 2 N–H and O–H groups in total. The Hall–Kier alpha value is -2.61. The van der Waals surface area contributed by atoms with Crippen LogP contribution < -0.4 is 20.1 Å². The van der Waals surface area contributed by atoms with Gasteiger partial charge < -0.3 is 20.1 Å². The molecule has 2 aliphatic carbocycles. The Bertz CT molecular complexity index is 1240. The molecule has 182 valence electrons. The molecular weight excluding hydrogens is 482 g/mol. The van der Waals surface area contributed by atoms with E-state index in [0.29, 0.717) is 16.9 Å². The highest BCUT2D eigenvalue weighted by atomic mass is 35.5. The number of ether oxygens (including phenoxy) is 2. The fourth-order valence-electron chi connectivity index (χ4n) is 5.20. The molecule has 6 rings (SSSR count). The Morgan fingerprint density at radius 3 is 2.69 bits per heavy atom. The zero-order chi connectivity index (χ0) is 23.8. The van der Waals surface area contributed by atoms with Gasteiger partial charge in [0.25, 0.3) is 0 Å². The number of thiazole rings is 1. The lowest BCUT2D eigenvalue weighted by Crippen LogP contribution is -2.34. The molecule has 0 radical (unpaired) electrons. The monoisotopic (exact) mass is 509 g/mol. The maximum absolute atomic E-state index is 13.4. The predicted molar refractivity (Wildman–Crippen MR) is 138 cm³/mol. The lowest BCUT2D eigenvalue weighted by molar-refractivity contribution is -0.118. The number of carbonyl (C=O) groups is 1. The summed E-state index contributed by atoms with van der Waals surface area (Å²) in [5, 5.41) is 8.27. The molecule has 2 saturated carbocycles. The van der Waals surface area contributed by atoms with E-state index in [2.05, 4.69) is 21.7 Å². The van der Waals surface area contributed by atoms with Crippen LogP contribution in [0.4, 0.5) is 5.13 Å². The number of nitrogens with one attached hydrogen (secondary N) is 2. The number of rotatable bonds is 7. The number of anilines is 1. The van der Waals surface area contributed by atoms with Crippen molar-refractivity contribution in [3.05, 3.63) is 69.7 Å². The van der Waals surface area contributed by atoms with Crippen molar-refractivity contribution in [3.8, 4) is 11.5 Å². The van der Waals surface area contributed by atoms with Gasteiger partial charge >= 0.3 is 0 Å². The number of hydrogen-bond donors (Lipinski definition) is 2. The molecule has 2 aromatic carbocycles. The molecule has 0 saturated heterocycles. The van der Waals surface area contributed by atoms with Crippen molar-refractivity contribution in [3.63, 3.8) is 0 Å². The molecular formula is C27H28ClN3O3S. The van der Waals surface area contributed by atoms with E-state index in [0.717, 1.165) is 39.6 Å². The van der Waals surface area contributed by atoms with Crippen LogP contribution in [-0.2, 0) is 10.2 Å². The highest BCUT2D eigenvalue weighted by molar-refractivity contribution is 7.15. The van der Waals surface area contributed by atoms with E-state index in [9.17, 15) is 4.79 Å². The Morgan fingerprint density at radius 2 is 1.89 bits per heavy atom. The van der Waals surface area contributed by atoms with Gasteiger partial charge in [0.2, 0.25) is 12.7 Å². The number of amides is 1. The molecule has 6 nitrogen and oxygen atoms in total. The number of carbonyl (C=O) groups excluding carboxylic acids is 1. The van der Waals surface area contributed by atoms with Crippen molar-refractivity contribution >= 4 is 34.0 Å². The molecule has 1 aromatic heterocycles. The number of benzene rings is 2. The fourth-order valence-corrected chi connectivity index (χ4v) is 6.34. The molecule has 1 amide bonds. The van der Waals surface area contributed by atoms with Gasteiger partial charge in [0, 0.05) is 22.1 Å². The van der Waals surface area contributed by atoms with Crippen LogP contribution in [0.1, 0.15) is 67.0 Å². The van der Waals surface area contributed by atoms with Gasteiger partial charge in [-0.3, -0.25) is 4.79 Å². The van der Waals surface area contributed by atoms with E-state index < -0.39 is 5.41 Å². The van der Waals surface area contributed by atoms with Gasteiger partial charge in [-0.25, -0.2) is 4.98 Å². The minimum atomic E-state index is -0.532. The van der Waals surface area contributed by atoms with Crippen molar-refractivity contribution in [1.29, 1.82) is 0 Å². The predicted octanol–water partition coefficient (Wildman–Crippen LogP) is 6.21. The number of fused-ring (bicyclic) bond motifs is 1.